The Bertz CT molecular complexity index is 913. The lowest BCUT2D eigenvalue weighted by Crippen LogP contribution is -2.18. The molecule has 3 rings (SSSR count). The molecule has 0 aliphatic rings. The van der Waals surface area contributed by atoms with Crippen molar-refractivity contribution >= 4 is 33.2 Å². The maximum absolute atomic E-state index is 11.5. The molecule has 7 heteroatoms. The van der Waals surface area contributed by atoms with Gasteiger partial charge in [-0.25, -0.2) is 9.97 Å². The van der Waals surface area contributed by atoms with Crippen LogP contribution in [0.2, 0.25) is 0 Å². The Kier molecular flexibility index (Phi) is 7.17. The normalized spacial score (nSPS) is 11.8. The summed E-state index contributed by atoms with van der Waals surface area (Å²) < 4.78 is 10.5. The zero-order valence-electron chi connectivity index (χ0n) is 15.7. The van der Waals surface area contributed by atoms with Crippen molar-refractivity contribution in [2.24, 2.45) is 0 Å². The molecule has 1 unspecified atom stereocenters. The lowest BCUT2D eigenvalue weighted by atomic mass is 10.1. The van der Waals surface area contributed by atoms with Gasteiger partial charge in [-0.3, -0.25) is 4.79 Å². The zero-order chi connectivity index (χ0) is 19.9. The summed E-state index contributed by atoms with van der Waals surface area (Å²) in [5, 5.41) is 1.03. The highest BCUT2D eigenvalue weighted by Gasteiger charge is 2.16. The molecule has 28 heavy (non-hydrogen) atoms. The average molecular weight is 461 g/mol. The summed E-state index contributed by atoms with van der Waals surface area (Å²) in [7, 11) is 1.37. The number of alkyl halides is 1. The van der Waals surface area contributed by atoms with Gasteiger partial charge in [0.15, 0.2) is 0 Å². The summed E-state index contributed by atoms with van der Waals surface area (Å²) in [4.78, 5) is 21.3. The van der Waals surface area contributed by atoms with E-state index >= 15 is 0 Å². The molecule has 1 atom stereocenters. The number of ether oxygens (including phenoxy) is 2. The minimum atomic E-state index is -0.377. The zero-order valence-corrected chi connectivity index (χ0v) is 18.1. The van der Waals surface area contributed by atoms with Crippen molar-refractivity contribution in [3.63, 3.8) is 0 Å². The minimum Gasteiger partial charge on any atom is -0.477 e. The van der Waals surface area contributed by atoms with E-state index < -0.39 is 0 Å². The van der Waals surface area contributed by atoms with Crippen LogP contribution in [0.15, 0.2) is 48.7 Å². The molecule has 0 aliphatic heterocycles. The number of carbonyl (C=O) groups is 1. The molecular weight excluding hydrogens is 440 g/mol. The van der Waals surface area contributed by atoms with E-state index in [9.17, 15) is 4.79 Å². The van der Waals surface area contributed by atoms with Crippen LogP contribution in [0.25, 0.3) is 10.6 Å². The van der Waals surface area contributed by atoms with Crippen LogP contribution in [0.1, 0.15) is 16.1 Å². The van der Waals surface area contributed by atoms with E-state index in [1.54, 1.807) is 17.5 Å². The summed E-state index contributed by atoms with van der Waals surface area (Å²) in [5.41, 5.74) is 3.13. The molecule has 2 heterocycles. The highest BCUT2D eigenvalue weighted by molar-refractivity contribution is 9.10. The van der Waals surface area contributed by atoms with E-state index in [4.69, 9.17) is 14.5 Å². The van der Waals surface area contributed by atoms with Gasteiger partial charge in [-0.1, -0.05) is 52.3 Å². The van der Waals surface area contributed by atoms with E-state index in [1.165, 1.54) is 12.0 Å². The third kappa shape index (κ3) is 5.39. The summed E-state index contributed by atoms with van der Waals surface area (Å²) in [5.74, 6) is 0.262. The Morgan fingerprint density at radius 2 is 2.00 bits per heavy atom. The number of aryl methyl sites for hydroxylation is 1. The van der Waals surface area contributed by atoms with Crippen molar-refractivity contribution in [2.75, 3.05) is 13.7 Å². The molecule has 146 valence electrons. The molecule has 0 spiro atoms. The monoisotopic (exact) mass is 460 g/mol. The van der Waals surface area contributed by atoms with Crippen molar-refractivity contribution in [1.29, 1.82) is 0 Å². The van der Waals surface area contributed by atoms with Crippen molar-refractivity contribution < 1.29 is 14.3 Å². The van der Waals surface area contributed by atoms with Crippen molar-refractivity contribution in [1.82, 2.24) is 9.97 Å². The van der Waals surface area contributed by atoms with E-state index in [0.29, 0.717) is 18.9 Å². The van der Waals surface area contributed by atoms with E-state index in [-0.39, 0.29) is 10.8 Å². The van der Waals surface area contributed by atoms with Crippen LogP contribution in [-0.2, 0) is 22.4 Å². The third-order valence-corrected chi connectivity index (χ3v) is 5.93. The maximum atomic E-state index is 11.5. The van der Waals surface area contributed by atoms with Gasteiger partial charge < -0.3 is 9.47 Å². The molecule has 0 N–H and O–H groups in total. The average Bonchev–Trinajstić information content (AvgIpc) is 3.10. The number of carbonyl (C=O) groups excluding carboxylic acids is 1. The lowest BCUT2D eigenvalue weighted by Gasteiger charge is -2.08. The molecule has 0 amide bonds. The number of hydrogen-bond acceptors (Lipinski definition) is 6. The van der Waals surface area contributed by atoms with Crippen molar-refractivity contribution in [2.45, 2.75) is 24.6 Å². The van der Waals surface area contributed by atoms with Gasteiger partial charge >= 0.3 is 5.97 Å². The quantitative estimate of drug-likeness (QED) is 0.362. The molecule has 3 aromatic rings. The Hall–Kier alpha value is -2.25. The maximum Gasteiger partial charge on any atom is 0.319 e. The molecule has 5 nitrogen and oxygen atoms in total. The second-order valence-electron chi connectivity index (χ2n) is 6.19. The second kappa shape index (κ2) is 9.80. The molecule has 0 bridgehead atoms. The van der Waals surface area contributed by atoms with Crippen molar-refractivity contribution in [3.8, 4) is 16.5 Å². The Balaban J connectivity index is 1.53. The molecule has 1 aromatic carbocycles. The number of pyridine rings is 1. The fraction of sp³-hybridized carbons (Fsp3) is 0.286. The number of halogens is 1. The molecule has 0 aliphatic carbocycles. The van der Waals surface area contributed by atoms with Crippen LogP contribution in [0, 0.1) is 6.92 Å². The fourth-order valence-corrected chi connectivity index (χ4v) is 4.18. The van der Waals surface area contributed by atoms with Gasteiger partial charge in [0, 0.05) is 29.1 Å². The fourth-order valence-electron chi connectivity index (χ4n) is 2.65. The topological polar surface area (TPSA) is 61.3 Å². The molecular formula is C21H21BrN2O3S. The van der Waals surface area contributed by atoms with Crippen molar-refractivity contribution in [3.05, 3.63) is 64.8 Å². The Morgan fingerprint density at radius 3 is 2.68 bits per heavy atom. The molecule has 2 aromatic heterocycles. The first-order valence-corrected chi connectivity index (χ1v) is 10.6. The number of esters is 1. The van der Waals surface area contributed by atoms with Gasteiger partial charge in [0.1, 0.15) is 9.83 Å². The number of methoxy groups -OCH3 is 1. The van der Waals surface area contributed by atoms with Crippen LogP contribution >= 0.6 is 27.3 Å². The SMILES string of the molecule is COC(=O)C(Br)Cc1ccc(OCCc2nc(-c3ccccc3)sc2C)nc1. The van der Waals surface area contributed by atoms with E-state index in [2.05, 4.69) is 40.0 Å². The first-order valence-electron chi connectivity index (χ1n) is 8.88. The van der Waals surface area contributed by atoms with Crippen LogP contribution in [0.3, 0.4) is 0 Å². The second-order valence-corrected chi connectivity index (χ2v) is 8.49. The number of hydrogen-bond donors (Lipinski definition) is 0. The number of rotatable bonds is 8. The smallest absolute Gasteiger partial charge is 0.319 e. The predicted molar refractivity (Wildman–Crippen MR) is 114 cm³/mol. The van der Waals surface area contributed by atoms with Crippen LogP contribution < -0.4 is 4.74 Å². The number of aromatic nitrogens is 2. The number of nitrogens with zero attached hydrogens (tertiary/aromatic N) is 2. The van der Waals surface area contributed by atoms with Crippen LogP contribution in [0.4, 0.5) is 0 Å². The standard InChI is InChI=1S/C21H21BrN2O3S/c1-14-18(24-20(28-14)16-6-4-3-5-7-16)10-11-27-19-9-8-15(13-23-19)12-17(22)21(25)26-2/h3-9,13,17H,10-12H2,1-2H3. The van der Waals surface area contributed by atoms with Gasteiger partial charge in [-0.15, -0.1) is 11.3 Å². The summed E-state index contributed by atoms with van der Waals surface area (Å²) in [6, 6.07) is 13.9. The van der Waals surface area contributed by atoms with Gasteiger partial charge in [-0.2, -0.15) is 0 Å². The Morgan fingerprint density at radius 1 is 1.21 bits per heavy atom. The molecule has 0 saturated carbocycles. The minimum absolute atomic E-state index is 0.297. The van der Waals surface area contributed by atoms with E-state index in [0.717, 1.165) is 28.2 Å². The number of thiazole rings is 1. The van der Waals surface area contributed by atoms with Crippen LogP contribution in [-0.4, -0.2) is 34.5 Å². The third-order valence-electron chi connectivity index (χ3n) is 4.17. The number of benzene rings is 1. The molecule has 0 fully saturated rings. The predicted octanol–water partition coefficient (Wildman–Crippen LogP) is 4.61. The first-order chi connectivity index (χ1) is 13.6. The lowest BCUT2D eigenvalue weighted by molar-refractivity contribution is -0.139. The first kappa shape index (κ1) is 20.5. The summed E-state index contributed by atoms with van der Waals surface area (Å²) in [6.45, 7) is 2.60. The molecule has 0 radical (unpaired) electrons. The summed E-state index contributed by atoms with van der Waals surface area (Å²) >= 11 is 5.01. The summed E-state index contributed by atoms with van der Waals surface area (Å²) in [6.07, 6.45) is 2.96. The molecule has 0 saturated heterocycles. The van der Waals surface area contributed by atoms with Gasteiger partial charge in [0.2, 0.25) is 5.88 Å². The Labute approximate surface area is 176 Å². The van der Waals surface area contributed by atoms with Crippen LogP contribution in [0.5, 0.6) is 5.88 Å². The van der Waals surface area contributed by atoms with E-state index in [1.807, 2.05) is 30.3 Å². The highest BCUT2D eigenvalue weighted by atomic mass is 79.9. The van der Waals surface area contributed by atoms with Gasteiger partial charge in [-0.05, 0) is 18.9 Å². The van der Waals surface area contributed by atoms with Gasteiger partial charge in [0.25, 0.3) is 0 Å². The largest absolute Gasteiger partial charge is 0.477 e. The highest BCUT2D eigenvalue weighted by Crippen LogP contribution is 2.27. The van der Waals surface area contributed by atoms with Gasteiger partial charge in [0.05, 0.1) is 19.4 Å².